The van der Waals surface area contributed by atoms with Gasteiger partial charge in [0.25, 0.3) is 5.91 Å². The minimum Gasteiger partial charge on any atom is -0.454 e. The number of carbonyl (C=O) groups is 2. The van der Waals surface area contributed by atoms with Gasteiger partial charge in [0.1, 0.15) is 0 Å². The van der Waals surface area contributed by atoms with Crippen LogP contribution in [0.25, 0.3) is 0 Å². The Morgan fingerprint density at radius 3 is 2.95 bits per heavy atom. The van der Waals surface area contributed by atoms with Crippen LogP contribution in [0, 0.1) is 6.92 Å². The molecule has 1 N–H and O–H groups in total. The van der Waals surface area contributed by atoms with E-state index in [1.807, 2.05) is 19.1 Å². The maximum absolute atomic E-state index is 11.7. The SMILES string of the molecule is Cc1cc(Br)ccc1NC(=O)COC(=O)[C@H]1CCCO1. The molecule has 0 bridgehead atoms. The minimum absolute atomic E-state index is 0.297. The fraction of sp³-hybridized carbons (Fsp3) is 0.429. The molecule has 5 nitrogen and oxygen atoms in total. The summed E-state index contributed by atoms with van der Waals surface area (Å²) in [5.74, 6) is -0.827. The van der Waals surface area contributed by atoms with Crippen molar-refractivity contribution in [2.45, 2.75) is 25.9 Å². The summed E-state index contributed by atoms with van der Waals surface area (Å²) < 4.78 is 11.1. The van der Waals surface area contributed by atoms with Crippen molar-refractivity contribution < 1.29 is 19.1 Å². The lowest BCUT2D eigenvalue weighted by Crippen LogP contribution is -2.27. The highest BCUT2D eigenvalue weighted by atomic mass is 79.9. The lowest BCUT2D eigenvalue weighted by atomic mass is 10.2. The number of ether oxygens (including phenoxy) is 2. The van der Waals surface area contributed by atoms with E-state index in [0.717, 1.165) is 16.5 Å². The van der Waals surface area contributed by atoms with E-state index in [4.69, 9.17) is 9.47 Å². The molecule has 0 saturated carbocycles. The predicted octanol–water partition coefficient (Wildman–Crippen LogP) is 2.42. The summed E-state index contributed by atoms with van der Waals surface area (Å²) in [5.41, 5.74) is 1.63. The van der Waals surface area contributed by atoms with Gasteiger partial charge >= 0.3 is 5.97 Å². The van der Waals surface area contributed by atoms with Crippen molar-refractivity contribution in [2.24, 2.45) is 0 Å². The van der Waals surface area contributed by atoms with Crippen molar-refractivity contribution in [2.75, 3.05) is 18.5 Å². The zero-order valence-corrected chi connectivity index (χ0v) is 12.7. The van der Waals surface area contributed by atoms with Crippen molar-refractivity contribution in [1.29, 1.82) is 0 Å². The van der Waals surface area contributed by atoms with E-state index < -0.39 is 12.1 Å². The van der Waals surface area contributed by atoms with Crippen LogP contribution in [0.3, 0.4) is 0 Å². The van der Waals surface area contributed by atoms with Crippen LogP contribution in [0.1, 0.15) is 18.4 Å². The van der Waals surface area contributed by atoms with Crippen LogP contribution in [0.15, 0.2) is 22.7 Å². The van der Waals surface area contributed by atoms with Crippen LogP contribution in [-0.4, -0.2) is 31.2 Å². The Morgan fingerprint density at radius 1 is 1.50 bits per heavy atom. The predicted molar refractivity (Wildman–Crippen MR) is 77.4 cm³/mol. The van der Waals surface area contributed by atoms with E-state index in [0.29, 0.717) is 18.7 Å². The second-order valence-electron chi connectivity index (χ2n) is 4.62. The third-order valence-corrected chi connectivity index (χ3v) is 3.49. The highest BCUT2D eigenvalue weighted by Crippen LogP contribution is 2.20. The second kappa shape index (κ2) is 6.85. The van der Waals surface area contributed by atoms with Gasteiger partial charge in [-0.1, -0.05) is 15.9 Å². The van der Waals surface area contributed by atoms with Gasteiger partial charge in [0.2, 0.25) is 0 Å². The van der Waals surface area contributed by atoms with Crippen LogP contribution < -0.4 is 5.32 Å². The molecule has 0 unspecified atom stereocenters. The van der Waals surface area contributed by atoms with E-state index in [2.05, 4.69) is 21.2 Å². The molecule has 0 aliphatic carbocycles. The largest absolute Gasteiger partial charge is 0.454 e. The zero-order valence-electron chi connectivity index (χ0n) is 11.1. The van der Waals surface area contributed by atoms with Gasteiger partial charge in [-0.15, -0.1) is 0 Å². The average Bonchev–Trinajstić information content (AvgIpc) is 2.93. The van der Waals surface area contributed by atoms with Gasteiger partial charge in [-0.25, -0.2) is 4.79 Å². The molecule has 20 heavy (non-hydrogen) atoms. The Kier molecular flexibility index (Phi) is 5.14. The summed E-state index contributed by atoms with van der Waals surface area (Å²) in [6.45, 7) is 2.16. The number of aryl methyl sites for hydroxylation is 1. The van der Waals surface area contributed by atoms with E-state index >= 15 is 0 Å². The van der Waals surface area contributed by atoms with Crippen molar-refractivity contribution in [3.8, 4) is 0 Å². The first kappa shape index (κ1) is 15.0. The van der Waals surface area contributed by atoms with Crippen LogP contribution in [0.5, 0.6) is 0 Å². The third kappa shape index (κ3) is 4.05. The quantitative estimate of drug-likeness (QED) is 0.854. The summed E-state index contributed by atoms with van der Waals surface area (Å²) >= 11 is 3.35. The molecule has 6 heteroatoms. The fourth-order valence-electron chi connectivity index (χ4n) is 1.95. The van der Waals surface area contributed by atoms with E-state index in [9.17, 15) is 9.59 Å². The number of anilines is 1. The number of nitrogens with one attached hydrogen (secondary N) is 1. The van der Waals surface area contributed by atoms with Crippen molar-refractivity contribution >= 4 is 33.5 Å². The van der Waals surface area contributed by atoms with Gasteiger partial charge < -0.3 is 14.8 Å². The van der Waals surface area contributed by atoms with Gasteiger partial charge in [0.05, 0.1) is 0 Å². The maximum Gasteiger partial charge on any atom is 0.335 e. The molecular formula is C14H16BrNO4. The number of esters is 1. The van der Waals surface area contributed by atoms with Crippen LogP contribution in [-0.2, 0) is 19.1 Å². The molecule has 108 valence electrons. The molecule has 1 atom stereocenters. The van der Waals surface area contributed by atoms with Gasteiger partial charge in [0.15, 0.2) is 12.7 Å². The van der Waals surface area contributed by atoms with Crippen LogP contribution in [0.4, 0.5) is 5.69 Å². The summed E-state index contributed by atoms with van der Waals surface area (Å²) in [4.78, 5) is 23.3. The molecule has 1 aliphatic rings. The highest BCUT2D eigenvalue weighted by Gasteiger charge is 2.25. The minimum atomic E-state index is -0.516. The molecular weight excluding hydrogens is 326 g/mol. The molecule has 1 aliphatic heterocycles. The summed E-state index contributed by atoms with van der Waals surface area (Å²) in [7, 11) is 0. The van der Waals surface area contributed by atoms with Crippen molar-refractivity contribution in [1.82, 2.24) is 0 Å². The molecule has 2 rings (SSSR count). The summed E-state index contributed by atoms with van der Waals surface area (Å²) in [6, 6.07) is 5.52. The van der Waals surface area contributed by atoms with E-state index in [-0.39, 0.29) is 12.5 Å². The zero-order chi connectivity index (χ0) is 14.5. The Morgan fingerprint density at radius 2 is 2.30 bits per heavy atom. The number of carbonyl (C=O) groups excluding carboxylic acids is 2. The molecule has 0 spiro atoms. The molecule has 1 amide bonds. The number of halogens is 1. The lowest BCUT2D eigenvalue weighted by Gasteiger charge is -2.11. The molecule has 0 aromatic heterocycles. The normalized spacial score (nSPS) is 17.8. The first-order chi connectivity index (χ1) is 9.56. The van der Waals surface area contributed by atoms with Gasteiger partial charge in [-0.05, 0) is 43.5 Å². The van der Waals surface area contributed by atoms with Crippen LogP contribution >= 0.6 is 15.9 Å². The molecule has 1 aromatic rings. The topological polar surface area (TPSA) is 64.6 Å². The van der Waals surface area contributed by atoms with Crippen molar-refractivity contribution in [3.63, 3.8) is 0 Å². The monoisotopic (exact) mass is 341 g/mol. The molecule has 1 saturated heterocycles. The highest BCUT2D eigenvalue weighted by molar-refractivity contribution is 9.10. The summed E-state index contributed by atoms with van der Waals surface area (Å²) in [5, 5.41) is 2.71. The summed E-state index contributed by atoms with van der Waals surface area (Å²) in [6.07, 6.45) is 0.994. The maximum atomic E-state index is 11.7. The van der Waals surface area contributed by atoms with E-state index in [1.54, 1.807) is 6.07 Å². The number of amides is 1. The third-order valence-electron chi connectivity index (χ3n) is 3.00. The number of hydrogen-bond donors (Lipinski definition) is 1. The molecule has 1 heterocycles. The Hall–Kier alpha value is -1.40. The first-order valence-electron chi connectivity index (χ1n) is 6.40. The number of hydrogen-bond acceptors (Lipinski definition) is 4. The molecule has 0 radical (unpaired) electrons. The van der Waals surface area contributed by atoms with Crippen molar-refractivity contribution in [3.05, 3.63) is 28.2 Å². The molecule has 1 aromatic carbocycles. The van der Waals surface area contributed by atoms with Gasteiger partial charge in [0, 0.05) is 16.8 Å². The Balaban J connectivity index is 1.81. The Bertz CT molecular complexity index is 512. The average molecular weight is 342 g/mol. The van der Waals surface area contributed by atoms with Gasteiger partial charge in [-0.2, -0.15) is 0 Å². The standard InChI is InChI=1S/C14H16BrNO4/c1-9-7-10(15)4-5-11(9)16-13(17)8-20-14(18)12-3-2-6-19-12/h4-5,7,12H,2-3,6,8H2,1H3,(H,16,17)/t12-/m1/s1. The van der Waals surface area contributed by atoms with E-state index in [1.165, 1.54) is 0 Å². The fourth-order valence-corrected chi connectivity index (χ4v) is 2.42. The second-order valence-corrected chi connectivity index (χ2v) is 5.53. The smallest absolute Gasteiger partial charge is 0.335 e. The molecule has 1 fully saturated rings. The number of rotatable bonds is 4. The van der Waals surface area contributed by atoms with Crippen LogP contribution in [0.2, 0.25) is 0 Å². The Labute approximate surface area is 125 Å². The number of benzene rings is 1. The lowest BCUT2D eigenvalue weighted by molar-refractivity contribution is -0.156. The first-order valence-corrected chi connectivity index (χ1v) is 7.20. The van der Waals surface area contributed by atoms with Gasteiger partial charge in [-0.3, -0.25) is 4.79 Å².